The molecule has 0 aliphatic heterocycles. The molecule has 1 amide bonds. The third kappa shape index (κ3) is 4.25. The summed E-state index contributed by atoms with van der Waals surface area (Å²) in [6, 6.07) is 12.6. The van der Waals surface area contributed by atoms with E-state index in [1.54, 1.807) is 24.3 Å². The first kappa shape index (κ1) is 15.9. The molecule has 0 bridgehead atoms. The van der Waals surface area contributed by atoms with Gasteiger partial charge in [0.25, 0.3) is 0 Å². The molecule has 114 valence electrons. The van der Waals surface area contributed by atoms with Crippen LogP contribution in [0.3, 0.4) is 0 Å². The van der Waals surface area contributed by atoms with Gasteiger partial charge in [-0.2, -0.15) is 0 Å². The topological polar surface area (TPSA) is 46.2 Å². The van der Waals surface area contributed by atoms with Gasteiger partial charge in [-0.15, -0.1) is 0 Å². The maximum Gasteiger partial charge on any atom is 0.217 e. The van der Waals surface area contributed by atoms with Crippen molar-refractivity contribution in [1.29, 1.82) is 0 Å². The molecule has 0 aliphatic rings. The van der Waals surface area contributed by atoms with Crippen LogP contribution in [-0.4, -0.2) is 11.7 Å². The van der Waals surface area contributed by atoms with Crippen molar-refractivity contribution >= 4 is 11.7 Å². The van der Waals surface area contributed by atoms with Crippen molar-refractivity contribution in [2.45, 2.75) is 26.3 Å². The molecule has 1 N–H and O–H groups in total. The summed E-state index contributed by atoms with van der Waals surface area (Å²) in [6.45, 7) is 3.35. The Hall–Kier alpha value is -2.49. The highest BCUT2D eigenvalue weighted by molar-refractivity contribution is 5.96. The molecule has 3 nitrogen and oxygen atoms in total. The molecule has 22 heavy (non-hydrogen) atoms. The first-order chi connectivity index (χ1) is 10.5. The quantitative estimate of drug-likeness (QED) is 0.858. The predicted molar refractivity (Wildman–Crippen MR) is 83.1 cm³/mol. The Labute approximate surface area is 129 Å². The number of rotatable bonds is 5. The lowest BCUT2D eigenvalue weighted by molar-refractivity contribution is -0.119. The highest BCUT2D eigenvalue weighted by atomic mass is 19.1. The van der Waals surface area contributed by atoms with Crippen molar-refractivity contribution in [2.75, 3.05) is 0 Å². The van der Waals surface area contributed by atoms with Crippen molar-refractivity contribution in [2.24, 2.45) is 0 Å². The summed E-state index contributed by atoms with van der Waals surface area (Å²) in [5, 5.41) is 2.75. The van der Waals surface area contributed by atoms with Crippen molar-refractivity contribution in [3.05, 3.63) is 71.0 Å². The molecule has 0 radical (unpaired) electrons. The van der Waals surface area contributed by atoms with Gasteiger partial charge in [0.1, 0.15) is 5.82 Å². The largest absolute Gasteiger partial charge is 0.349 e. The monoisotopic (exact) mass is 299 g/mol. The first-order valence-electron chi connectivity index (χ1n) is 7.08. The van der Waals surface area contributed by atoms with Crippen molar-refractivity contribution in [3.63, 3.8) is 0 Å². The number of benzene rings is 2. The lowest BCUT2D eigenvalue weighted by Crippen LogP contribution is -2.28. The van der Waals surface area contributed by atoms with E-state index in [2.05, 4.69) is 5.32 Å². The zero-order chi connectivity index (χ0) is 16.1. The standard InChI is InChI=1S/C18H18FNO2/c1-12-3-5-15(6-4-12)18(22)11-17(20-13(2)21)14-7-9-16(19)10-8-14/h3-10,17H,11H2,1-2H3,(H,20,21). The van der Waals surface area contributed by atoms with Crippen LogP contribution in [0.2, 0.25) is 0 Å². The van der Waals surface area contributed by atoms with Crippen LogP contribution >= 0.6 is 0 Å². The summed E-state index contributed by atoms with van der Waals surface area (Å²) in [7, 11) is 0. The van der Waals surface area contributed by atoms with Crippen LogP contribution in [0.5, 0.6) is 0 Å². The van der Waals surface area contributed by atoms with Gasteiger partial charge in [-0.25, -0.2) is 4.39 Å². The van der Waals surface area contributed by atoms with E-state index in [0.29, 0.717) is 11.1 Å². The third-order valence-corrected chi connectivity index (χ3v) is 3.41. The predicted octanol–water partition coefficient (Wildman–Crippen LogP) is 3.58. The average molecular weight is 299 g/mol. The lowest BCUT2D eigenvalue weighted by Gasteiger charge is -2.18. The molecule has 4 heteroatoms. The number of hydrogen-bond acceptors (Lipinski definition) is 2. The van der Waals surface area contributed by atoms with Crippen LogP contribution in [0.15, 0.2) is 48.5 Å². The van der Waals surface area contributed by atoms with Crippen LogP contribution in [0.1, 0.15) is 40.9 Å². The van der Waals surface area contributed by atoms with Crippen LogP contribution in [-0.2, 0) is 4.79 Å². The molecule has 0 spiro atoms. The van der Waals surface area contributed by atoms with E-state index < -0.39 is 6.04 Å². The van der Waals surface area contributed by atoms with Gasteiger partial charge in [-0.05, 0) is 24.6 Å². The normalized spacial score (nSPS) is 11.8. The Balaban J connectivity index is 2.19. The Kier molecular flexibility index (Phi) is 5.04. The second kappa shape index (κ2) is 6.98. The SMILES string of the molecule is CC(=O)NC(CC(=O)c1ccc(C)cc1)c1ccc(F)cc1. The fourth-order valence-corrected chi connectivity index (χ4v) is 2.24. The van der Waals surface area contributed by atoms with E-state index in [9.17, 15) is 14.0 Å². The van der Waals surface area contributed by atoms with Gasteiger partial charge in [-0.1, -0.05) is 42.0 Å². The highest BCUT2D eigenvalue weighted by Gasteiger charge is 2.18. The summed E-state index contributed by atoms with van der Waals surface area (Å²) in [6.07, 6.45) is 0.133. The van der Waals surface area contributed by atoms with E-state index in [-0.39, 0.29) is 23.9 Å². The van der Waals surface area contributed by atoms with E-state index >= 15 is 0 Å². The number of nitrogens with one attached hydrogen (secondary N) is 1. The molecule has 0 saturated heterocycles. The van der Waals surface area contributed by atoms with Gasteiger partial charge in [0.05, 0.1) is 6.04 Å². The lowest BCUT2D eigenvalue weighted by atomic mass is 9.97. The summed E-state index contributed by atoms with van der Waals surface area (Å²) in [5.41, 5.74) is 2.38. The summed E-state index contributed by atoms with van der Waals surface area (Å²) in [5.74, 6) is -0.649. The molecule has 0 heterocycles. The number of Topliss-reactive ketones (excluding diaryl/α,β-unsaturated/α-hetero) is 1. The molecule has 0 saturated carbocycles. The van der Waals surface area contributed by atoms with Gasteiger partial charge in [0, 0.05) is 18.9 Å². The van der Waals surface area contributed by atoms with Crippen LogP contribution in [0.25, 0.3) is 0 Å². The summed E-state index contributed by atoms with van der Waals surface area (Å²) >= 11 is 0. The van der Waals surface area contributed by atoms with Crippen molar-refractivity contribution in [3.8, 4) is 0 Å². The molecule has 0 aromatic heterocycles. The Bertz CT molecular complexity index is 662. The minimum absolute atomic E-state index is 0.0666. The minimum Gasteiger partial charge on any atom is -0.349 e. The zero-order valence-electron chi connectivity index (χ0n) is 12.6. The van der Waals surface area contributed by atoms with Crippen LogP contribution < -0.4 is 5.32 Å². The maximum atomic E-state index is 13.0. The molecule has 0 fully saturated rings. The molecule has 1 atom stereocenters. The molecule has 0 aliphatic carbocycles. The highest BCUT2D eigenvalue weighted by Crippen LogP contribution is 2.20. The van der Waals surface area contributed by atoms with Gasteiger partial charge < -0.3 is 5.32 Å². The number of hydrogen-bond donors (Lipinski definition) is 1. The van der Waals surface area contributed by atoms with Crippen molar-refractivity contribution < 1.29 is 14.0 Å². The number of carbonyl (C=O) groups excluding carboxylic acids is 2. The number of halogens is 1. The number of ketones is 1. The molecular formula is C18H18FNO2. The average Bonchev–Trinajstić information content (AvgIpc) is 2.47. The van der Waals surface area contributed by atoms with Gasteiger partial charge >= 0.3 is 0 Å². The number of aryl methyl sites for hydroxylation is 1. The first-order valence-corrected chi connectivity index (χ1v) is 7.08. The Morgan fingerprint density at radius 2 is 1.64 bits per heavy atom. The van der Waals surface area contributed by atoms with Gasteiger partial charge in [-0.3, -0.25) is 9.59 Å². The minimum atomic E-state index is -0.466. The van der Waals surface area contributed by atoms with Gasteiger partial charge in [0.2, 0.25) is 5.91 Å². The third-order valence-electron chi connectivity index (χ3n) is 3.41. The zero-order valence-corrected chi connectivity index (χ0v) is 12.6. The number of amides is 1. The second-order valence-corrected chi connectivity index (χ2v) is 5.30. The molecule has 2 rings (SSSR count). The van der Waals surface area contributed by atoms with Crippen molar-refractivity contribution in [1.82, 2.24) is 5.32 Å². The molecule has 2 aromatic rings. The van der Waals surface area contributed by atoms with Crippen LogP contribution in [0.4, 0.5) is 4.39 Å². The van der Waals surface area contributed by atoms with E-state index in [0.717, 1.165) is 5.56 Å². The van der Waals surface area contributed by atoms with E-state index in [1.807, 2.05) is 19.1 Å². The Morgan fingerprint density at radius 1 is 1.05 bits per heavy atom. The summed E-state index contributed by atoms with van der Waals surface area (Å²) in [4.78, 5) is 23.7. The smallest absolute Gasteiger partial charge is 0.217 e. The molecule has 2 aromatic carbocycles. The Morgan fingerprint density at radius 3 is 2.18 bits per heavy atom. The molecule has 1 unspecified atom stereocenters. The molecular weight excluding hydrogens is 281 g/mol. The number of carbonyl (C=O) groups is 2. The van der Waals surface area contributed by atoms with E-state index in [4.69, 9.17) is 0 Å². The van der Waals surface area contributed by atoms with E-state index in [1.165, 1.54) is 19.1 Å². The second-order valence-electron chi connectivity index (χ2n) is 5.30. The fraction of sp³-hybridized carbons (Fsp3) is 0.222. The summed E-state index contributed by atoms with van der Waals surface area (Å²) < 4.78 is 13.0. The van der Waals surface area contributed by atoms with Gasteiger partial charge in [0.15, 0.2) is 5.78 Å². The van der Waals surface area contributed by atoms with Crippen LogP contribution in [0, 0.1) is 12.7 Å². The fourth-order valence-electron chi connectivity index (χ4n) is 2.24. The maximum absolute atomic E-state index is 13.0.